The molecule has 0 aliphatic carbocycles. The molecule has 0 bridgehead atoms. The summed E-state index contributed by atoms with van der Waals surface area (Å²) in [4.78, 5) is 11.8. The molecule has 1 aromatic rings. The highest BCUT2D eigenvalue weighted by Gasteiger charge is 2.05. The zero-order valence-electron chi connectivity index (χ0n) is 10.4. The highest BCUT2D eigenvalue weighted by atomic mass is 16.1. The summed E-state index contributed by atoms with van der Waals surface area (Å²) in [6, 6.07) is 7.88. The number of carbonyl (C=O) groups is 1. The molecule has 1 rings (SSSR count). The zero-order chi connectivity index (χ0) is 12.0. The average molecular weight is 219 g/mol. The molecular formula is C14H21NO. The zero-order valence-corrected chi connectivity index (χ0v) is 10.4. The number of benzene rings is 1. The predicted octanol–water partition coefficient (Wildman–Crippen LogP) is 2.68. The number of nitrogens with one attached hydrogen (secondary N) is 1. The van der Waals surface area contributed by atoms with Gasteiger partial charge >= 0.3 is 0 Å². The first-order valence-corrected chi connectivity index (χ1v) is 5.96. The second kappa shape index (κ2) is 6.44. The molecule has 1 N–H and O–H groups in total. The molecule has 0 fully saturated rings. The van der Waals surface area contributed by atoms with E-state index in [-0.39, 0.29) is 5.78 Å². The first-order valence-electron chi connectivity index (χ1n) is 5.96. The Hall–Kier alpha value is -1.15. The highest BCUT2D eigenvalue weighted by Crippen LogP contribution is 2.05. The third-order valence-corrected chi connectivity index (χ3v) is 2.52. The van der Waals surface area contributed by atoms with E-state index in [9.17, 15) is 4.79 Å². The number of aryl methyl sites for hydroxylation is 1. The van der Waals surface area contributed by atoms with E-state index in [1.165, 1.54) is 5.56 Å². The molecule has 0 spiro atoms. The molecule has 0 saturated carbocycles. The smallest absolute Gasteiger partial charge is 0.176 e. The average Bonchev–Trinajstić information content (AvgIpc) is 2.28. The number of rotatable bonds is 6. The number of hydrogen-bond acceptors (Lipinski definition) is 2. The molecule has 16 heavy (non-hydrogen) atoms. The Morgan fingerprint density at radius 2 is 1.88 bits per heavy atom. The first-order chi connectivity index (χ1) is 7.63. The Balaban J connectivity index is 2.46. The van der Waals surface area contributed by atoms with Crippen LogP contribution in [-0.4, -0.2) is 18.9 Å². The van der Waals surface area contributed by atoms with Crippen molar-refractivity contribution in [2.24, 2.45) is 5.92 Å². The molecule has 0 atom stereocenters. The molecule has 88 valence electrons. The van der Waals surface area contributed by atoms with Crippen molar-refractivity contribution in [1.82, 2.24) is 5.32 Å². The Morgan fingerprint density at radius 1 is 1.25 bits per heavy atom. The van der Waals surface area contributed by atoms with Crippen molar-refractivity contribution in [3.05, 3.63) is 35.4 Å². The van der Waals surface area contributed by atoms with Gasteiger partial charge < -0.3 is 5.32 Å². The molecule has 0 heterocycles. The molecule has 0 aromatic heterocycles. The van der Waals surface area contributed by atoms with Crippen LogP contribution in [0.1, 0.15) is 36.7 Å². The maximum absolute atomic E-state index is 11.8. The second-order valence-corrected chi connectivity index (χ2v) is 4.50. The summed E-state index contributed by atoms with van der Waals surface area (Å²) < 4.78 is 0. The van der Waals surface area contributed by atoms with Gasteiger partial charge in [0.15, 0.2) is 5.78 Å². The Kier molecular flexibility index (Phi) is 5.20. The van der Waals surface area contributed by atoms with Gasteiger partial charge in [-0.05, 0) is 24.4 Å². The van der Waals surface area contributed by atoms with Crippen LogP contribution in [-0.2, 0) is 6.42 Å². The van der Waals surface area contributed by atoms with Crippen LogP contribution in [0.5, 0.6) is 0 Å². The van der Waals surface area contributed by atoms with Gasteiger partial charge in [0.2, 0.25) is 0 Å². The van der Waals surface area contributed by atoms with Gasteiger partial charge in [0.1, 0.15) is 0 Å². The largest absolute Gasteiger partial charge is 0.309 e. The molecule has 2 nitrogen and oxygen atoms in total. The molecule has 0 aliphatic rings. The molecule has 0 radical (unpaired) electrons. The summed E-state index contributed by atoms with van der Waals surface area (Å²) in [5, 5.41) is 3.16. The fraction of sp³-hybridized carbons (Fsp3) is 0.500. The van der Waals surface area contributed by atoms with Crippen LogP contribution < -0.4 is 5.32 Å². The van der Waals surface area contributed by atoms with E-state index in [0.717, 1.165) is 18.5 Å². The van der Waals surface area contributed by atoms with Gasteiger partial charge in [-0.2, -0.15) is 0 Å². The lowest BCUT2D eigenvalue weighted by Crippen LogP contribution is -2.26. The monoisotopic (exact) mass is 219 g/mol. The third-order valence-electron chi connectivity index (χ3n) is 2.52. The minimum Gasteiger partial charge on any atom is -0.309 e. The number of ketones is 1. The van der Waals surface area contributed by atoms with Crippen LogP contribution >= 0.6 is 0 Å². The summed E-state index contributed by atoms with van der Waals surface area (Å²) >= 11 is 0. The van der Waals surface area contributed by atoms with Gasteiger partial charge in [0.25, 0.3) is 0 Å². The molecule has 0 aliphatic heterocycles. The number of hydrogen-bond donors (Lipinski definition) is 1. The Bertz CT molecular complexity index is 327. The van der Waals surface area contributed by atoms with E-state index in [1.807, 2.05) is 24.3 Å². The standard InChI is InChI=1S/C14H21NO/c1-4-12-5-7-13(8-6-12)14(16)10-15-9-11(2)3/h5-8,11,15H,4,9-10H2,1-3H3. The van der Waals surface area contributed by atoms with Gasteiger partial charge in [-0.15, -0.1) is 0 Å². The van der Waals surface area contributed by atoms with Gasteiger partial charge in [-0.1, -0.05) is 45.0 Å². The van der Waals surface area contributed by atoms with Crippen LogP contribution in [0, 0.1) is 5.92 Å². The lowest BCUT2D eigenvalue weighted by atomic mass is 10.1. The molecule has 1 aromatic carbocycles. The second-order valence-electron chi connectivity index (χ2n) is 4.50. The topological polar surface area (TPSA) is 29.1 Å². The first kappa shape index (κ1) is 12.9. The highest BCUT2D eigenvalue weighted by molar-refractivity contribution is 5.97. The van der Waals surface area contributed by atoms with Gasteiger partial charge in [-0.3, -0.25) is 4.79 Å². The van der Waals surface area contributed by atoms with Crippen molar-refractivity contribution in [2.45, 2.75) is 27.2 Å². The van der Waals surface area contributed by atoms with Crippen LogP contribution in [0.15, 0.2) is 24.3 Å². The summed E-state index contributed by atoms with van der Waals surface area (Å²) in [6.45, 7) is 7.70. The summed E-state index contributed by atoms with van der Waals surface area (Å²) in [5.74, 6) is 0.749. The quantitative estimate of drug-likeness (QED) is 0.745. The Morgan fingerprint density at radius 3 is 2.38 bits per heavy atom. The molecule has 0 saturated heterocycles. The van der Waals surface area contributed by atoms with Crippen LogP contribution in [0.2, 0.25) is 0 Å². The number of Topliss-reactive ketones (excluding diaryl/α,β-unsaturated/α-hetero) is 1. The van der Waals surface area contributed by atoms with E-state index >= 15 is 0 Å². The lowest BCUT2D eigenvalue weighted by molar-refractivity contribution is 0.0990. The van der Waals surface area contributed by atoms with Crippen molar-refractivity contribution < 1.29 is 4.79 Å². The van der Waals surface area contributed by atoms with Crippen molar-refractivity contribution in [2.75, 3.05) is 13.1 Å². The summed E-state index contributed by atoms with van der Waals surface area (Å²) in [6.07, 6.45) is 1.01. The molecule has 0 unspecified atom stereocenters. The third kappa shape index (κ3) is 4.15. The van der Waals surface area contributed by atoms with E-state index in [4.69, 9.17) is 0 Å². The Labute approximate surface area is 98.1 Å². The fourth-order valence-electron chi connectivity index (χ4n) is 1.50. The van der Waals surface area contributed by atoms with E-state index in [1.54, 1.807) is 0 Å². The normalized spacial score (nSPS) is 10.8. The van der Waals surface area contributed by atoms with Crippen molar-refractivity contribution in [3.8, 4) is 0 Å². The maximum Gasteiger partial charge on any atom is 0.176 e. The minimum absolute atomic E-state index is 0.170. The van der Waals surface area contributed by atoms with Gasteiger partial charge in [0.05, 0.1) is 6.54 Å². The van der Waals surface area contributed by atoms with Gasteiger partial charge in [0, 0.05) is 5.56 Å². The predicted molar refractivity (Wildman–Crippen MR) is 67.9 cm³/mol. The van der Waals surface area contributed by atoms with E-state index in [0.29, 0.717) is 12.5 Å². The SMILES string of the molecule is CCc1ccc(C(=O)CNCC(C)C)cc1. The van der Waals surface area contributed by atoms with Gasteiger partial charge in [-0.25, -0.2) is 0 Å². The van der Waals surface area contributed by atoms with E-state index in [2.05, 4.69) is 26.1 Å². The van der Waals surface area contributed by atoms with Crippen LogP contribution in [0.25, 0.3) is 0 Å². The van der Waals surface area contributed by atoms with Crippen LogP contribution in [0.4, 0.5) is 0 Å². The molecular weight excluding hydrogens is 198 g/mol. The molecule has 2 heteroatoms. The maximum atomic E-state index is 11.8. The van der Waals surface area contributed by atoms with Crippen molar-refractivity contribution >= 4 is 5.78 Å². The van der Waals surface area contributed by atoms with Crippen LogP contribution in [0.3, 0.4) is 0 Å². The molecule has 0 amide bonds. The lowest BCUT2D eigenvalue weighted by Gasteiger charge is -2.07. The minimum atomic E-state index is 0.170. The van der Waals surface area contributed by atoms with E-state index < -0.39 is 0 Å². The summed E-state index contributed by atoms with van der Waals surface area (Å²) in [7, 11) is 0. The van der Waals surface area contributed by atoms with Crippen molar-refractivity contribution in [3.63, 3.8) is 0 Å². The van der Waals surface area contributed by atoms with Crippen molar-refractivity contribution in [1.29, 1.82) is 0 Å². The number of carbonyl (C=O) groups excluding carboxylic acids is 1. The fourth-order valence-corrected chi connectivity index (χ4v) is 1.50. The summed E-state index contributed by atoms with van der Waals surface area (Å²) in [5.41, 5.74) is 2.07.